The average Bonchev–Trinajstić information content (AvgIpc) is 2.23. The molecule has 9 nitrogen and oxygen atoms in total. The van der Waals surface area contributed by atoms with E-state index in [0.717, 1.165) is 0 Å². The predicted octanol–water partition coefficient (Wildman–Crippen LogP) is -4.95. The third kappa shape index (κ3) is 2.90. The van der Waals surface area contributed by atoms with E-state index >= 15 is 0 Å². The van der Waals surface area contributed by atoms with Gasteiger partial charge >= 0.3 is 0 Å². The molecule has 0 aromatic rings. The van der Waals surface area contributed by atoms with Gasteiger partial charge in [0, 0.05) is 0 Å². The lowest BCUT2D eigenvalue weighted by Crippen LogP contribution is -2.54. The molecule has 82 valence electrons. The molecular formula is C5H12N4O5. The SMILES string of the molecule is NNC(=O)[C@@H](O)C(O)[C@@H](O)C(=O)NN. The van der Waals surface area contributed by atoms with Crippen LogP contribution in [0.2, 0.25) is 0 Å². The summed E-state index contributed by atoms with van der Waals surface area (Å²) in [5.74, 6) is 7.01. The van der Waals surface area contributed by atoms with Crippen LogP contribution in [0, 0.1) is 0 Å². The Morgan fingerprint density at radius 2 is 1.21 bits per heavy atom. The van der Waals surface area contributed by atoms with Gasteiger partial charge in [-0.1, -0.05) is 0 Å². The molecule has 2 amide bonds. The van der Waals surface area contributed by atoms with Crippen molar-refractivity contribution in [1.29, 1.82) is 0 Å². The normalized spacial score (nSPS) is 16.6. The quantitative estimate of drug-likeness (QED) is 0.138. The van der Waals surface area contributed by atoms with Crippen LogP contribution in [-0.2, 0) is 9.59 Å². The molecule has 0 saturated carbocycles. The van der Waals surface area contributed by atoms with Crippen LogP contribution in [0.3, 0.4) is 0 Å². The number of aliphatic hydroxyl groups is 3. The highest BCUT2D eigenvalue weighted by Gasteiger charge is 2.33. The number of carbonyl (C=O) groups excluding carboxylic acids is 2. The molecule has 0 aromatic carbocycles. The maximum atomic E-state index is 10.6. The van der Waals surface area contributed by atoms with E-state index in [4.69, 9.17) is 15.3 Å². The first-order valence-electron chi connectivity index (χ1n) is 3.50. The lowest BCUT2D eigenvalue weighted by molar-refractivity contribution is -0.149. The molecule has 9 N–H and O–H groups in total. The van der Waals surface area contributed by atoms with Crippen molar-refractivity contribution in [2.45, 2.75) is 18.3 Å². The fraction of sp³-hybridized carbons (Fsp3) is 0.600. The molecule has 3 atom stereocenters. The highest BCUT2D eigenvalue weighted by Crippen LogP contribution is 2.00. The second-order valence-electron chi connectivity index (χ2n) is 2.40. The van der Waals surface area contributed by atoms with Crippen molar-refractivity contribution in [3.63, 3.8) is 0 Å². The summed E-state index contributed by atoms with van der Waals surface area (Å²) in [6, 6.07) is 0. The number of hydrogen-bond donors (Lipinski definition) is 7. The van der Waals surface area contributed by atoms with Crippen molar-refractivity contribution in [2.24, 2.45) is 11.7 Å². The average molecular weight is 208 g/mol. The van der Waals surface area contributed by atoms with E-state index in [1.54, 1.807) is 0 Å². The molecule has 14 heavy (non-hydrogen) atoms. The van der Waals surface area contributed by atoms with Gasteiger partial charge in [0.2, 0.25) is 0 Å². The number of hydrazine groups is 2. The number of rotatable bonds is 4. The zero-order valence-corrected chi connectivity index (χ0v) is 7.04. The molecule has 0 saturated heterocycles. The van der Waals surface area contributed by atoms with E-state index in [1.165, 1.54) is 10.9 Å². The summed E-state index contributed by atoms with van der Waals surface area (Å²) in [5, 5.41) is 27.0. The van der Waals surface area contributed by atoms with Gasteiger partial charge in [-0.05, 0) is 0 Å². The molecule has 0 radical (unpaired) electrons. The maximum absolute atomic E-state index is 10.6. The largest absolute Gasteiger partial charge is 0.387 e. The van der Waals surface area contributed by atoms with Crippen molar-refractivity contribution in [1.82, 2.24) is 10.9 Å². The van der Waals surface area contributed by atoms with Crippen LogP contribution < -0.4 is 22.5 Å². The van der Waals surface area contributed by atoms with E-state index in [2.05, 4.69) is 11.7 Å². The van der Waals surface area contributed by atoms with Gasteiger partial charge in [-0.3, -0.25) is 20.4 Å². The Bertz CT molecular complexity index is 200. The fourth-order valence-electron chi connectivity index (χ4n) is 0.654. The standard InChI is InChI=1S/C5H12N4O5/c6-8-4(13)2(11)1(10)3(12)5(14)9-7/h1-3,10-12H,6-7H2,(H,8,13)(H,9,14)/t1?,2-,3+. The number of hydrogen-bond acceptors (Lipinski definition) is 7. The summed E-state index contributed by atoms with van der Waals surface area (Å²) in [7, 11) is 0. The highest BCUT2D eigenvalue weighted by molar-refractivity contribution is 5.84. The van der Waals surface area contributed by atoms with Gasteiger partial charge in [0.15, 0.2) is 12.2 Å². The van der Waals surface area contributed by atoms with E-state index in [9.17, 15) is 9.59 Å². The number of nitrogens with one attached hydrogen (secondary N) is 2. The van der Waals surface area contributed by atoms with E-state index in [0.29, 0.717) is 0 Å². The van der Waals surface area contributed by atoms with Crippen molar-refractivity contribution in [2.75, 3.05) is 0 Å². The number of nitrogens with two attached hydrogens (primary N) is 2. The number of aliphatic hydroxyl groups excluding tert-OH is 3. The van der Waals surface area contributed by atoms with E-state index in [-0.39, 0.29) is 0 Å². The molecule has 0 heterocycles. The molecule has 1 unspecified atom stereocenters. The molecule has 0 fully saturated rings. The summed E-state index contributed by atoms with van der Waals surface area (Å²) in [4.78, 5) is 21.3. The summed E-state index contributed by atoms with van der Waals surface area (Å²) < 4.78 is 0. The van der Waals surface area contributed by atoms with Gasteiger partial charge in [0.25, 0.3) is 11.8 Å². The first-order chi connectivity index (χ1) is 6.45. The Morgan fingerprint density at radius 3 is 1.43 bits per heavy atom. The van der Waals surface area contributed by atoms with E-state index in [1.807, 2.05) is 0 Å². The van der Waals surface area contributed by atoms with Crippen LogP contribution in [0.1, 0.15) is 0 Å². The predicted molar refractivity (Wildman–Crippen MR) is 42.7 cm³/mol. The molecule has 0 aliphatic carbocycles. The second kappa shape index (κ2) is 5.47. The molecule has 0 bridgehead atoms. The number of carbonyl (C=O) groups is 2. The van der Waals surface area contributed by atoms with Gasteiger partial charge in [-0.2, -0.15) is 0 Å². The molecule has 9 heteroatoms. The van der Waals surface area contributed by atoms with Crippen LogP contribution in [0.5, 0.6) is 0 Å². The molecular weight excluding hydrogens is 196 g/mol. The Kier molecular flexibility index (Phi) is 4.97. The minimum atomic E-state index is -2.02. The zero-order valence-electron chi connectivity index (χ0n) is 7.04. The van der Waals surface area contributed by atoms with Crippen molar-refractivity contribution in [3.05, 3.63) is 0 Å². The Labute approximate surface area is 78.6 Å². The van der Waals surface area contributed by atoms with Crippen molar-refractivity contribution < 1.29 is 24.9 Å². The summed E-state index contributed by atoms with van der Waals surface area (Å²) in [6.45, 7) is 0. The van der Waals surface area contributed by atoms with Crippen LogP contribution in [-0.4, -0.2) is 45.4 Å². The fourth-order valence-corrected chi connectivity index (χ4v) is 0.654. The molecule has 0 aliphatic heterocycles. The van der Waals surface area contributed by atoms with Gasteiger partial charge in [-0.15, -0.1) is 0 Å². The third-order valence-corrected chi connectivity index (χ3v) is 1.47. The lowest BCUT2D eigenvalue weighted by atomic mass is 10.1. The Balaban J connectivity index is 4.37. The van der Waals surface area contributed by atoms with Gasteiger partial charge in [-0.25, -0.2) is 11.7 Å². The summed E-state index contributed by atoms with van der Waals surface area (Å²) in [5.41, 5.74) is 3.07. The molecule has 0 aliphatic rings. The van der Waals surface area contributed by atoms with Crippen LogP contribution >= 0.6 is 0 Å². The number of amides is 2. The Hall–Kier alpha value is -1.26. The summed E-state index contributed by atoms with van der Waals surface area (Å²) in [6.07, 6.45) is -6.05. The third-order valence-electron chi connectivity index (χ3n) is 1.47. The minimum Gasteiger partial charge on any atom is -0.387 e. The highest BCUT2D eigenvalue weighted by atomic mass is 16.4. The van der Waals surface area contributed by atoms with Gasteiger partial charge < -0.3 is 15.3 Å². The van der Waals surface area contributed by atoms with Crippen molar-refractivity contribution >= 4 is 11.8 Å². The van der Waals surface area contributed by atoms with Crippen LogP contribution in [0.25, 0.3) is 0 Å². The first-order valence-corrected chi connectivity index (χ1v) is 3.50. The molecule has 0 aromatic heterocycles. The van der Waals surface area contributed by atoms with E-state index < -0.39 is 30.1 Å². The van der Waals surface area contributed by atoms with Gasteiger partial charge in [0.1, 0.15) is 6.10 Å². The summed E-state index contributed by atoms with van der Waals surface area (Å²) >= 11 is 0. The monoisotopic (exact) mass is 208 g/mol. The Morgan fingerprint density at radius 1 is 0.929 bits per heavy atom. The molecule has 0 rings (SSSR count). The minimum absolute atomic E-state index is 1.14. The first kappa shape index (κ1) is 12.7. The molecule has 0 spiro atoms. The smallest absolute Gasteiger partial charge is 0.265 e. The maximum Gasteiger partial charge on any atom is 0.265 e. The van der Waals surface area contributed by atoms with Crippen molar-refractivity contribution in [3.8, 4) is 0 Å². The topological polar surface area (TPSA) is 171 Å². The lowest BCUT2D eigenvalue weighted by Gasteiger charge is -2.19. The van der Waals surface area contributed by atoms with Crippen LogP contribution in [0.15, 0.2) is 0 Å². The second-order valence-corrected chi connectivity index (χ2v) is 2.40. The van der Waals surface area contributed by atoms with Crippen LogP contribution in [0.4, 0.5) is 0 Å². The van der Waals surface area contributed by atoms with Gasteiger partial charge in [0.05, 0.1) is 0 Å². The zero-order chi connectivity index (χ0) is 11.3.